The second-order valence-electron chi connectivity index (χ2n) is 2.18. The second-order valence-corrected chi connectivity index (χ2v) is 3.34. The molecule has 1 heterocycles. The van der Waals surface area contributed by atoms with Gasteiger partial charge >= 0.3 is 0 Å². The van der Waals surface area contributed by atoms with Crippen LogP contribution >= 0.6 is 22.6 Å². The number of rotatable bonds is 2. The minimum atomic E-state index is 0.576. The molecular formula is C7H8IN3O. The Morgan fingerprint density at radius 1 is 1.75 bits per heavy atom. The van der Waals surface area contributed by atoms with E-state index >= 15 is 0 Å². The van der Waals surface area contributed by atoms with Crippen LogP contribution in [0.3, 0.4) is 0 Å². The molecule has 0 aromatic carbocycles. The van der Waals surface area contributed by atoms with Gasteiger partial charge in [0.15, 0.2) is 5.82 Å². The number of pyridine rings is 1. The SMILES string of the molecule is Cc1cnc(/N=C\NO)cc1I. The molecule has 0 saturated carbocycles. The number of hydroxylamine groups is 1. The lowest BCUT2D eigenvalue weighted by Crippen LogP contribution is -2.01. The van der Waals surface area contributed by atoms with Crippen LogP contribution in [-0.2, 0) is 0 Å². The fraction of sp³-hybridized carbons (Fsp3) is 0.143. The first kappa shape index (κ1) is 9.40. The molecule has 4 nitrogen and oxygen atoms in total. The van der Waals surface area contributed by atoms with Crippen molar-refractivity contribution in [3.8, 4) is 0 Å². The van der Waals surface area contributed by atoms with Crippen LogP contribution in [0.25, 0.3) is 0 Å². The summed E-state index contributed by atoms with van der Waals surface area (Å²) in [7, 11) is 0. The molecule has 12 heavy (non-hydrogen) atoms. The van der Waals surface area contributed by atoms with Gasteiger partial charge in [-0.1, -0.05) is 0 Å². The maximum absolute atomic E-state index is 8.22. The summed E-state index contributed by atoms with van der Waals surface area (Å²) in [4.78, 5) is 7.85. The topological polar surface area (TPSA) is 57.5 Å². The largest absolute Gasteiger partial charge is 0.290 e. The third-order valence-corrected chi connectivity index (χ3v) is 2.44. The van der Waals surface area contributed by atoms with E-state index in [1.807, 2.05) is 18.5 Å². The number of aromatic nitrogens is 1. The van der Waals surface area contributed by atoms with Crippen molar-refractivity contribution in [2.45, 2.75) is 6.92 Å². The van der Waals surface area contributed by atoms with Gasteiger partial charge in [-0.3, -0.25) is 10.7 Å². The van der Waals surface area contributed by atoms with Gasteiger partial charge in [-0.2, -0.15) is 0 Å². The van der Waals surface area contributed by atoms with Crippen molar-refractivity contribution in [1.29, 1.82) is 0 Å². The van der Waals surface area contributed by atoms with E-state index in [0.29, 0.717) is 5.82 Å². The van der Waals surface area contributed by atoms with Crippen molar-refractivity contribution >= 4 is 34.7 Å². The van der Waals surface area contributed by atoms with Crippen LogP contribution < -0.4 is 5.48 Å². The molecule has 1 aromatic heterocycles. The monoisotopic (exact) mass is 277 g/mol. The highest BCUT2D eigenvalue weighted by Crippen LogP contribution is 2.15. The molecule has 0 aliphatic heterocycles. The number of halogens is 1. The van der Waals surface area contributed by atoms with Gasteiger partial charge in [0.2, 0.25) is 0 Å². The Labute approximate surface area is 83.8 Å². The summed E-state index contributed by atoms with van der Waals surface area (Å²) in [5, 5.41) is 8.22. The van der Waals surface area contributed by atoms with Crippen molar-refractivity contribution in [3.63, 3.8) is 0 Å². The van der Waals surface area contributed by atoms with Gasteiger partial charge in [0.1, 0.15) is 6.34 Å². The average molecular weight is 277 g/mol. The molecule has 0 spiro atoms. The van der Waals surface area contributed by atoms with E-state index in [1.54, 1.807) is 6.20 Å². The molecule has 0 radical (unpaired) electrons. The summed E-state index contributed by atoms with van der Waals surface area (Å²) in [6.45, 7) is 1.98. The molecule has 0 aliphatic rings. The first-order valence-electron chi connectivity index (χ1n) is 3.28. The summed E-state index contributed by atoms with van der Waals surface area (Å²) in [6, 6.07) is 1.84. The zero-order valence-corrected chi connectivity index (χ0v) is 8.61. The maximum Gasteiger partial charge on any atom is 0.154 e. The highest BCUT2D eigenvalue weighted by atomic mass is 127. The predicted octanol–water partition coefficient (Wildman–Crippen LogP) is 1.63. The van der Waals surface area contributed by atoms with Crippen LogP contribution in [0, 0.1) is 10.5 Å². The molecule has 0 amide bonds. The van der Waals surface area contributed by atoms with E-state index in [0.717, 1.165) is 9.13 Å². The van der Waals surface area contributed by atoms with Gasteiger partial charge in [0.25, 0.3) is 0 Å². The zero-order valence-electron chi connectivity index (χ0n) is 6.45. The first-order chi connectivity index (χ1) is 5.74. The Morgan fingerprint density at radius 3 is 3.08 bits per heavy atom. The van der Waals surface area contributed by atoms with Crippen LogP contribution in [-0.4, -0.2) is 16.5 Å². The van der Waals surface area contributed by atoms with Gasteiger partial charge in [0.05, 0.1) is 0 Å². The fourth-order valence-electron chi connectivity index (χ4n) is 0.655. The minimum Gasteiger partial charge on any atom is -0.290 e. The number of nitrogens with one attached hydrogen (secondary N) is 1. The maximum atomic E-state index is 8.22. The molecule has 1 rings (SSSR count). The van der Waals surface area contributed by atoms with E-state index in [9.17, 15) is 0 Å². The van der Waals surface area contributed by atoms with Crippen LogP contribution in [0.1, 0.15) is 5.56 Å². The Bertz CT molecular complexity index is 301. The summed E-state index contributed by atoms with van der Waals surface area (Å²) in [6.07, 6.45) is 2.92. The molecule has 0 saturated heterocycles. The quantitative estimate of drug-likeness (QED) is 0.374. The van der Waals surface area contributed by atoms with Crippen LogP contribution in [0.4, 0.5) is 5.82 Å². The Balaban J connectivity index is 2.89. The fourth-order valence-corrected chi connectivity index (χ4v) is 1.07. The highest BCUT2D eigenvalue weighted by Gasteiger charge is 1.95. The van der Waals surface area contributed by atoms with E-state index in [2.05, 4.69) is 32.6 Å². The molecule has 0 unspecified atom stereocenters. The van der Waals surface area contributed by atoms with Crippen molar-refractivity contribution in [2.75, 3.05) is 0 Å². The van der Waals surface area contributed by atoms with E-state index in [4.69, 9.17) is 5.21 Å². The second kappa shape index (κ2) is 4.36. The smallest absolute Gasteiger partial charge is 0.154 e. The number of nitrogens with zero attached hydrogens (tertiary/aromatic N) is 2. The van der Waals surface area contributed by atoms with Crippen molar-refractivity contribution in [2.24, 2.45) is 4.99 Å². The molecule has 1 aromatic rings. The number of aliphatic imine (C=N–C) groups is 1. The molecule has 2 N–H and O–H groups in total. The van der Waals surface area contributed by atoms with Crippen molar-refractivity contribution in [1.82, 2.24) is 10.5 Å². The predicted molar refractivity (Wildman–Crippen MR) is 54.8 cm³/mol. The van der Waals surface area contributed by atoms with E-state index < -0.39 is 0 Å². The number of hydrogen-bond acceptors (Lipinski definition) is 3. The normalized spacial score (nSPS) is 10.6. The third kappa shape index (κ3) is 2.42. The van der Waals surface area contributed by atoms with Gasteiger partial charge < -0.3 is 0 Å². The van der Waals surface area contributed by atoms with Gasteiger partial charge in [-0.25, -0.2) is 9.98 Å². The zero-order chi connectivity index (χ0) is 8.97. The Morgan fingerprint density at radius 2 is 2.50 bits per heavy atom. The van der Waals surface area contributed by atoms with Crippen molar-refractivity contribution in [3.05, 3.63) is 21.4 Å². The molecule has 64 valence electrons. The molecule has 0 atom stereocenters. The lowest BCUT2D eigenvalue weighted by atomic mass is 10.3. The lowest BCUT2D eigenvalue weighted by Gasteiger charge is -1.97. The van der Waals surface area contributed by atoms with E-state index in [-0.39, 0.29) is 0 Å². The van der Waals surface area contributed by atoms with Gasteiger partial charge in [-0.15, -0.1) is 0 Å². The van der Waals surface area contributed by atoms with E-state index in [1.165, 1.54) is 6.34 Å². The minimum absolute atomic E-state index is 0.576. The molecule has 0 bridgehead atoms. The summed E-state index contributed by atoms with van der Waals surface area (Å²) >= 11 is 2.20. The number of aryl methyl sites for hydroxylation is 1. The first-order valence-corrected chi connectivity index (χ1v) is 4.36. The number of hydrogen-bond donors (Lipinski definition) is 2. The highest BCUT2D eigenvalue weighted by molar-refractivity contribution is 14.1. The molecule has 5 heteroatoms. The summed E-state index contributed by atoms with van der Waals surface area (Å²) < 4.78 is 1.10. The Hall–Kier alpha value is -0.690. The standard InChI is InChI=1S/C7H8IN3O/c1-5-3-9-7(2-6(5)8)10-4-11-12/h2-4,12H,1H3,(H,9,10,11). The summed E-state index contributed by atoms with van der Waals surface area (Å²) in [5.41, 5.74) is 2.93. The lowest BCUT2D eigenvalue weighted by molar-refractivity contribution is 0.240. The molecule has 0 aliphatic carbocycles. The van der Waals surface area contributed by atoms with Crippen LogP contribution in [0.15, 0.2) is 17.3 Å². The Kier molecular flexibility index (Phi) is 3.42. The average Bonchev–Trinajstić information content (AvgIpc) is 2.07. The van der Waals surface area contributed by atoms with Crippen LogP contribution in [0.5, 0.6) is 0 Å². The summed E-state index contributed by atoms with van der Waals surface area (Å²) in [5.74, 6) is 0.576. The van der Waals surface area contributed by atoms with Gasteiger partial charge in [0, 0.05) is 9.77 Å². The molecule has 0 fully saturated rings. The third-order valence-electron chi connectivity index (χ3n) is 1.28. The van der Waals surface area contributed by atoms with Gasteiger partial charge in [-0.05, 0) is 41.1 Å². The van der Waals surface area contributed by atoms with Crippen molar-refractivity contribution < 1.29 is 5.21 Å². The van der Waals surface area contributed by atoms with Crippen LogP contribution in [0.2, 0.25) is 0 Å². The molecular weight excluding hydrogens is 269 g/mol.